The maximum atomic E-state index is 10.3. The van der Waals surface area contributed by atoms with Gasteiger partial charge in [-0.15, -0.1) is 0 Å². The number of aliphatic hydroxyl groups excluding tert-OH is 1. The Morgan fingerprint density at radius 2 is 2.33 bits per heavy atom. The average molecular weight is 251 g/mol. The molecule has 0 aliphatic rings. The Bertz CT molecular complexity index is 284. The molecule has 66 valence electrons. The van der Waals surface area contributed by atoms with E-state index >= 15 is 0 Å². The first-order valence-electron chi connectivity index (χ1n) is 3.22. The summed E-state index contributed by atoms with van der Waals surface area (Å²) in [6, 6.07) is 0. The van der Waals surface area contributed by atoms with Gasteiger partial charge in [-0.1, -0.05) is 0 Å². The molecule has 3 nitrogen and oxygen atoms in total. The first-order chi connectivity index (χ1) is 5.61. The number of rotatable bonds is 3. The van der Waals surface area contributed by atoms with Crippen LogP contribution in [0.5, 0.6) is 0 Å². The first kappa shape index (κ1) is 9.70. The minimum absolute atomic E-state index is 0.152. The molecule has 0 spiro atoms. The van der Waals surface area contributed by atoms with Gasteiger partial charge in [0, 0.05) is 16.3 Å². The van der Waals surface area contributed by atoms with Crippen LogP contribution in [0.2, 0.25) is 0 Å². The quantitative estimate of drug-likeness (QED) is 0.855. The summed E-state index contributed by atoms with van der Waals surface area (Å²) in [7, 11) is 0. The molecule has 2 N–H and O–H groups in total. The Morgan fingerprint density at radius 3 is 2.75 bits per heavy atom. The molecule has 0 saturated heterocycles. The normalized spacial score (nSPS) is 12.8. The smallest absolute Gasteiger partial charge is 0.332 e. The van der Waals surface area contributed by atoms with Crippen LogP contribution in [0.15, 0.2) is 15.2 Å². The number of carboxylic acid groups (broad SMARTS) is 1. The third-order valence-electron chi connectivity index (χ3n) is 1.39. The molecular weight excluding hydrogens is 244 g/mol. The Labute approximate surface area is 81.8 Å². The molecule has 0 amide bonds. The van der Waals surface area contributed by atoms with Crippen molar-refractivity contribution < 1.29 is 15.0 Å². The van der Waals surface area contributed by atoms with Gasteiger partial charge in [0.2, 0.25) is 0 Å². The lowest BCUT2D eigenvalue weighted by atomic mass is 10.1. The fourth-order valence-corrected chi connectivity index (χ4v) is 2.23. The molecule has 0 aliphatic heterocycles. The van der Waals surface area contributed by atoms with Crippen molar-refractivity contribution in [2.45, 2.75) is 12.5 Å². The van der Waals surface area contributed by atoms with E-state index in [4.69, 9.17) is 10.2 Å². The molecule has 1 heterocycles. The number of carboxylic acids is 1. The third kappa shape index (κ3) is 2.30. The van der Waals surface area contributed by atoms with Crippen LogP contribution < -0.4 is 0 Å². The molecule has 1 aromatic rings. The van der Waals surface area contributed by atoms with E-state index < -0.39 is 12.1 Å². The fourth-order valence-electron chi connectivity index (χ4n) is 0.749. The van der Waals surface area contributed by atoms with Crippen molar-refractivity contribution in [1.29, 1.82) is 0 Å². The first-order valence-corrected chi connectivity index (χ1v) is 4.96. The number of carbonyl (C=O) groups is 1. The Balaban J connectivity index is 2.64. The maximum absolute atomic E-state index is 10.3. The van der Waals surface area contributed by atoms with Gasteiger partial charge in [0.1, 0.15) is 0 Å². The van der Waals surface area contributed by atoms with Gasteiger partial charge in [-0.2, -0.15) is 11.3 Å². The number of thiophene rings is 1. The SMILES string of the molecule is O=C(O)C(O)Cc1cscc1Br. The molecule has 0 aliphatic carbocycles. The number of aliphatic hydroxyl groups is 1. The molecule has 1 aromatic heterocycles. The molecule has 1 atom stereocenters. The van der Waals surface area contributed by atoms with E-state index in [1.54, 1.807) is 0 Å². The van der Waals surface area contributed by atoms with Crippen molar-refractivity contribution in [3.8, 4) is 0 Å². The summed E-state index contributed by atoms with van der Waals surface area (Å²) < 4.78 is 0.854. The van der Waals surface area contributed by atoms with Gasteiger partial charge < -0.3 is 10.2 Å². The van der Waals surface area contributed by atoms with Crippen LogP contribution in [0.25, 0.3) is 0 Å². The summed E-state index contributed by atoms with van der Waals surface area (Å²) in [5.41, 5.74) is 0.829. The third-order valence-corrected chi connectivity index (χ3v) is 3.22. The molecule has 0 radical (unpaired) electrons. The fraction of sp³-hybridized carbons (Fsp3) is 0.286. The monoisotopic (exact) mass is 250 g/mol. The molecule has 5 heteroatoms. The van der Waals surface area contributed by atoms with Gasteiger partial charge in [0.05, 0.1) is 0 Å². The second kappa shape index (κ2) is 4.02. The van der Waals surface area contributed by atoms with Gasteiger partial charge >= 0.3 is 5.97 Å². The Morgan fingerprint density at radius 1 is 1.67 bits per heavy atom. The average Bonchev–Trinajstić information content (AvgIpc) is 2.36. The molecule has 0 fully saturated rings. The minimum atomic E-state index is -1.31. The number of hydrogen-bond acceptors (Lipinski definition) is 3. The summed E-state index contributed by atoms with van der Waals surface area (Å²) in [6.07, 6.45) is -1.16. The highest BCUT2D eigenvalue weighted by atomic mass is 79.9. The van der Waals surface area contributed by atoms with Crippen LogP contribution in [-0.4, -0.2) is 22.3 Å². The van der Waals surface area contributed by atoms with Gasteiger partial charge in [-0.05, 0) is 26.9 Å². The zero-order valence-corrected chi connectivity index (χ0v) is 8.43. The lowest BCUT2D eigenvalue weighted by molar-refractivity contribution is -0.146. The molecular formula is C7H7BrO3S. The highest BCUT2D eigenvalue weighted by Crippen LogP contribution is 2.22. The lowest BCUT2D eigenvalue weighted by Gasteiger charge is -2.02. The number of hydrogen-bond donors (Lipinski definition) is 2. The van der Waals surface area contributed by atoms with Crippen LogP contribution in [-0.2, 0) is 11.2 Å². The summed E-state index contributed by atoms with van der Waals surface area (Å²) in [6.45, 7) is 0. The van der Waals surface area contributed by atoms with E-state index in [1.165, 1.54) is 11.3 Å². The second-order valence-electron chi connectivity index (χ2n) is 2.30. The topological polar surface area (TPSA) is 57.5 Å². The summed E-state index contributed by atoms with van der Waals surface area (Å²) in [4.78, 5) is 10.3. The second-order valence-corrected chi connectivity index (χ2v) is 3.90. The zero-order valence-electron chi connectivity index (χ0n) is 6.03. The maximum Gasteiger partial charge on any atom is 0.332 e. The zero-order chi connectivity index (χ0) is 9.14. The highest BCUT2D eigenvalue weighted by molar-refractivity contribution is 9.10. The van der Waals surface area contributed by atoms with E-state index in [1.807, 2.05) is 10.8 Å². The molecule has 0 bridgehead atoms. The Hall–Kier alpha value is -0.390. The predicted octanol–water partition coefficient (Wildman–Crippen LogP) is 1.50. The van der Waals surface area contributed by atoms with E-state index in [9.17, 15) is 4.79 Å². The minimum Gasteiger partial charge on any atom is -0.479 e. The van der Waals surface area contributed by atoms with Gasteiger partial charge in [0.25, 0.3) is 0 Å². The van der Waals surface area contributed by atoms with E-state index in [0.717, 1.165) is 10.0 Å². The van der Waals surface area contributed by atoms with E-state index in [-0.39, 0.29) is 6.42 Å². The van der Waals surface area contributed by atoms with Crippen LogP contribution in [0.1, 0.15) is 5.56 Å². The summed E-state index contributed by atoms with van der Waals surface area (Å²) >= 11 is 4.72. The standard InChI is InChI=1S/C7H7BrO3S/c8-5-3-12-2-4(5)1-6(9)7(10)11/h2-3,6,9H,1H2,(H,10,11). The van der Waals surface area contributed by atoms with Crippen LogP contribution >= 0.6 is 27.3 Å². The lowest BCUT2D eigenvalue weighted by Crippen LogP contribution is -2.21. The van der Waals surface area contributed by atoms with Crippen LogP contribution in [0, 0.1) is 0 Å². The van der Waals surface area contributed by atoms with Crippen molar-refractivity contribution in [3.05, 3.63) is 20.8 Å². The molecule has 1 unspecified atom stereocenters. The van der Waals surface area contributed by atoms with Crippen molar-refractivity contribution in [2.24, 2.45) is 0 Å². The predicted molar refractivity (Wildman–Crippen MR) is 49.4 cm³/mol. The van der Waals surface area contributed by atoms with Gasteiger partial charge in [-0.3, -0.25) is 0 Å². The van der Waals surface area contributed by atoms with Crippen molar-refractivity contribution in [3.63, 3.8) is 0 Å². The molecule has 0 saturated carbocycles. The van der Waals surface area contributed by atoms with E-state index in [2.05, 4.69) is 15.9 Å². The number of halogens is 1. The highest BCUT2D eigenvalue weighted by Gasteiger charge is 2.15. The van der Waals surface area contributed by atoms with Gasteiger partial charge in [-0.25, -0.2) is 4.79 Å². The molecule has 1 rings (SSSR count). The largest absolute Gasteiger partial charge is 0.479 e. The van der Waals surface area contributed by atoms with Crippen molar-refractivity contribution in [1.82, 2.24) is 0 Å². The van der Waals surface area contributed by atoms with Gasteiger partial charge in [0.15, 0.2) is 6.10 Å². The van der Waals surface area contributed by atoms with Crippen molar-refractivity contribution >= 4 is 33.2 Å². The van der Waals surface area contributed by atoms with E-state index in [0.29, 0.717) is 0 Å². The molecule has 12 heavy (non-hydrogen) atoms. The summed E-state index contributed by atoms with van der Waals surface area (Å²) in [5, 5.41) is 21.1. The molecule has 0 aromatic carbocycles. The number of aliphatic carboxylic acids is 1. The summed E-state index contributed by atoms with van der Waals surface area (Å²) in [5.74, 6) is -1.19. The van der Waals surface area contributed by atoms with Crippen LogP contribution in [0.3, 0.4) is 0 Å². The van der Waals surface area contributed by atoms with Crippen LogP contribution in [0.4, 0.5) is 0 Å². The van der Waals surface area contributed by atoms with Crippen molar-refractivity contribution in [2.75, 3.05) is 0 Å². The Kier molecular flexibility index (Phi) is 3.25.